The molecular weight excluding hydrogens is 358 g/mol. The third-order valence-electron chi connectivity index (χ3n) is 4.69. The van der Waals surface area contributed by atoms with Crippen molar-refractivity contribution < 1.29 is 4.79 Å². The summed E-state index contributed by atoms with van der Waals surface area (Å²) in [5.74, 6) is 0.784. The van der Waals surface area contributed by atoms with Gasteiger partial charge in [0, 0.05) is 18.5 Å². The molecule has 2 aromatic heterocycles. The first-order valence-electron chi connectivity index (χ1n) is 8.99. The number of aromatic nitrogens is 2. The Labute approximate surface area is 164 Å². The van der Waals surface area contributed by atoms with Gasteiger partial charge in [0.15, 0.2) is 0 Å². The van der Waals surface area contributed by atoms with E-state index >= 15 is 0 Å². The fourth-order valence-corrected chi connectivity index (χ4v) is 4.23. The minimum atomic E-state index is -0.104. The number of carbonyl (C=O) groups is 1. The molecule has 0 saturated heterocycles. The van der Waals surface area contributed by atoms with Crippen molar-refractivity contribution in [2.75, 3.05) is 27.7 Å². The van der Waals surface area contributed by atoms with Crippen molar-refractivity contribution in [3.05, 3.63) is 51.5 Å². The minimum Gasteiger partial charge on any atom is -0.340 e. The summed E-state index contributed by atoms with van der Waals surface area (Å²) in [5.41, 5.74) is 4.37. The quantitative estimate of drug-likeness (QED) is 0.680. The molecule has 3 rings (SSSR count). The monoisotopic (exact) mass is 385 g/mol. The van der Waals surface area contributed by atoms with Crippen LogP contribution in [0.1, 0.15) is 27.9 Å². The van der Waals surface area contributed by atoms with Gasteiger partial charge in [-0.2, -0.15) is 0 Å². The first-order valence-corrected chi connectivity index (χ1v) is 9.87. The second-order valence-electron chi connectivity index (χ2n) is 7.19. The highest BCUT2D eigenvalue weighted by atomic mass is 32.1. The summed E-state index contributed by atoms with van der Waals surface area (Å²) >= 11 is 1.73. The van der Waals surface area contributed by atoms with Gasteiger partial charge in [0.05, 0.1) is 23.6 Å². The second-order valence-corrected chi connectivity index (χ2v) is 8.14. The lowest BCUT2D eigenvalue weighted by atomic mass is 10.1. The van der Waals surface area contributed by atoms with Crippen molar-refractivity contribution >= 4 is 28.4 Å². The van der Waals surface area contributed by atoms with E-state index < -0.39 is 0 Å². The predicted octanol–water partition coefficient (Wildman–Crippen LogP) is 3.69. The summed E-state index contributed by atoms with van der Waals surface area (Å²) in [5, 5.41) is 5.15. The number of thiophene rings is 1. The standard InChI is InChI=1S/C20H27N5OS/c1-13-6-7-15-16(10-13)23-18(22-15)12-25(5)20(26)21-11-17(24(3)4)19-14(2)8-9-27-19/h6-10,17H,11-12H2,1-5H3,(H,21,26)(H,22,23)/t17-/m1/s1. The number of benzene rings is 1. The summed E-state index contributed by atoms with van der Waals surface area (Å²) in [7, 11) is 5.86. The Bertz CT molecular complexity index is 929. The normalized spacial score (nSPS) is 12.5. The molecule has 0 fully saturated rings. The Morgan fingerprint density at radius 1 is 1.26 bits per heavy atom. The van der Waals surface area contributed by atoms with Crippen LogP contribution < -0.4 is 5.32 Å². The summed E-state index contributed by atoms with van der Waals surface area (Å²) in [4.78, 5) is 25.5. The van der Waals surface area contributed by atoms with Crippen LogP contribution in [0.25, 0.3) is 11.0 Å². The largest absolute Gasteiger partial charge is 0.340 e. The van der Waals surface area contributed by atoms with E-state index in [1.54, 1.807) is 23.3 Å². The molecule has 0 aliphatic carbocycles. The maximum absolute atomic E-state index is 12.6. The summed E-state index contributed by atoms with van der Waals surface area (Å²) in [6, 6.07) is 8.28. The molecule has 2 N–H and O–H groups in total. The number of hydrogen-bond acceptors (Lipinski definition) is 4. The van der Waals surface area contributed by atoms with Crippen LogP contribution in [0.4, 0.5) is 4.79 Å². The van der Waals surface area contributed by atoms with Gasteiger partial charge < -0.3 is 20.1 Å². The van der Waals surface area contributed by atoms with E-state index in [0.29, 0.717) is 13.1 Å². The van der Waals surface area contributed by atoms with Crippen molar-refractivity contribution in [3.63, 3.8) is 0 Å². The number of aryl methyl sites for hydroxylation is 2. The zero-order chi connectivity index (χ0) is 19.6. The van der Waals surface area contributed by atoms with Crippen LogP contribution in [-0.4, -0.2) is 53.5 Å². The minimum absolute atomic E-state index is 0.104. The second kappa shape index (κ2) is 8.10. The molecule has 3 aromatic rings. The third-order valence-corrected chi connectivity index (χ3v) is 5.81. The number of nitrogens with zero attached hydrogens (tertiary/aromatic N) is 3. The van der Waals surface area contributed by atoms with E-state index in [-0.39, 0.29) is 12.1 Å². The molecule has 6 nitrogen and oxygen atoms in total. The average molecular weight is 386 g/mol. The SMILES string of the molecule is Cc1ccc2nc(CN(C)C(=O)NC[C@H](c3sccc3C)N(C)C)[nH]c2c1. The summed E-state index contributed by atoms with van der Waals surface area (Å²) in [6.45, 7) is 5.16. The number of likely N-dealkylation sites (N-methyl/N-ethyl adjacent to an activating group) is 1. The number of aromatic amines is 1. The van der Waals surface area contributed by atoms with Crippen LogP contribution in [0, 0.1) is 13.8 Å². The number of fused-ring (bicyclic) bond motifs is 1. The highest BCUT2D eigenvalue weighted by Crippen LogP contribution is 2.26. The Kier molecular flexibility index (Phi) is 5.82. The maximum Gasteiger partial charge on any atom is 0.317 e. The van der Waals surface area contributed by atoms with Gasteiger partial charge in [-0.1, -0.05) is 6.07 Å². The third kappa shape index (κ3) is 4.48. The number of rotatable bonds is 6. The van der Waals surface area contributed by atoms with Crippen LogP contribution in [0.2, 0.25) is 0 Å². The Morgan fingerprint density at radius 2 is 2.04 bits per heavy atom. The maximum atomic E-state index is 12.6. The number of carbonyl (C=O) groups excluding carboxylic acids is 1. The predicted molar refractivity (Wildman–Crippen MR) is 111 cm³/mol. The molecule has 0 bridgehead atoms. The fourth-order valence-electron chi connectivity index (χ4n) is 3.10. The summed E-state index contributed by atoms with van der Waals surface area (Å²) < 4.78 is 0. The van der Waals surface area contributed by atoms with Crippen LogP contribution in [0.3, 0.4) is 0 Å². The number of hydrogen-bond donors (Lipinski definition) is 2. The highest BCUT2D eigenvalue weighted by molar-refractivity contribution is 7.10. The van der Waals surface area contributed by atoms with Crippen LogP contribution in [0.15, 0.2) is 29.6 Å². The molecule has 2 heterocycles. The van der Waals surface area contributed by atoms with Crippen molar-refractivity contribution in [1.82, 2.24) is 25.1 Å². The Hall–Kier alpha value is -2.38. The van der Waals surface area contributed by atoms with Crippen molar-refractivity contribution in [2.24, 2.45) is 0 Å². The molecule has 0 aliphatic heterocycles. The number of urea groups is 1. The van der Waals surface area contributed by atoms with E-state index in [0.717, 1.165) is 16.9 Å². The lowest BCUT2D eigenvalue weighted by Crippen LogP contribution is -2.41. The van der Waals surface area contributed by atoms with Crippen LogP contribution in [-0.2, 0) is 6.54 Å². The molecule has 1 atom stereocenters. The van der Waals surface area contributed by atoms with Gasteiger partial charge in [0.2, 0.25) is 0 Å². The molecule has 0 saturated carbocycles. The Balaban J connectivity index is 1.61. The van der Waals surface area contributed by atoms with Gasteiger partial charge in [-0.25, -0.2) is 9.78 Å². The molecule has 2 amide bonds. The Morgan fingerprint density at radius 3 is 2.70 bits per heavy atom. The molecule has 0 unspecified atom stereocenters. The van der Waals surface area contributed by atoms with Crippen LogP contribution in [0.5, 0.6) is 0 Å². The molecule has 0 aliphatic rings. The molecule has 1 aromatic carbocycles. The lowest BCUT2D eigenvalue weighted by molar-refractivity contribution is 0.200. The van der Waals surface area contributed by atoms with E-state index in [1.807, 2.05) is 26.2 Å². The molecule has 0 radical (unpaired) electrons. The number of H-pyrrole nitrogens is 1. The van der Waals surface area contributed by atoms with E-state index in [9.17, 15) is 4.79 Å². The topological polar surface area (TPSA) is 64.3 Å². The average Bonchev–Trinajstić information content (AvgIpc) is 3.20. The van der Waals surface area contributed by atoms with E-state index in [1.165, 1.54) is 16.0 Å². The van der Waals surface area contributed by atoms with Gasteiger partial charge in [-0.15, -0.1) is 11.3 Å². The smallest absolute Gasteiger partial charge is 0.317 e. The molecular formula is C20H27N5OS. The molecule has 0 spiro atoms. The van der Waals surface area contributed by atoms with Crippen LogP contribution >= 0.6 is 11.3 Å². The van der Waals surface area contributed by atoms with Gasteiger partial charge >= 0.3 is 6.03 Å². The number of nitrogens with one attached hydrogen (secondary N) is 2. The van der Waals surface area contributed by atoms with E-state index in [4.69, 9.17) is 0 Å². The lowest BCUT2D eigenvalue weighted by Gasteiger charge is -2.26. The fraction of sp³-hybridized carbons (Fsp3) is 0.400. The first kappa shape index (κ1) is 19.4. The highest BCUT2D eigenvalue weighted by Gasteiger charge is 2.20. The summed E-state index contributed by atoms with van der Waals surface area (Å²) in [6.07, 6.45) is 0. The van der Waals surface area contributed by atoms with Gasteiger partial charge in [0.1, 0.15) is 5.82 Å². The van der Waals surface area contributed by atoms with Gasteiger partial charge in [0.25, 0.3) is 0 Å². The van der Waals surface area contributed by atoms with Crippen molar-refractivity contribution in [2.45, 2.75) is 26.4 Å². The first-order chi connectivity index (χ1) is 12.8. The number of imidazole rings is 1. The molecule has 27 heavy (non-hydrogen) atoms. The molecule has 144 valence electrons. The molecule has 7 heteroatoms. The van der Waals surface area contributed by atoms with Gasteiger partial charge in [-0.3, -0.25) is 0 Å². The zero-order valence-corrected chi connectivity index (χ0v) is 17.4. The van der Waals surface area contributed by atoms with E-state index in [2.05, 4.69) is 51.5 Å². The van der Waals surface area contributed by atoms with Crippen molar-refractivity contribution in [3.8, 4) is 0 Å². The van der Waals surface area contributed by atoms with Gasteiger partial charge in [-0.05, 0) is 62.6 Å². The zero-order valence-electron chi connectivity index (χ0n) is 16.5. The van der Waals surface area contributed by atoms with Crippen molar-refractivity contribution in [1.29, 1.82) is 0 Å². The number of amides is 2.